The lowest BCUT2D eigenvalue weighted by atomic mass is 9.87. The Morgan fingerprint density at radius 3 is 2.13 bits per heavy atom. The molecule has 0 amide bonds. The van der Waals surface area contributed by atoms with E-state index in [4.69, 9.17) is 15.0 Å². The van der Waals surface area contributed by atoms with Gasteiger partial charge in [-0.1, -0.05) is 0 Å². The van der Waals surface area contributed by atoms with E-state index in [0.29, 0.717) is 0 Å². The largest absolute Gasteiger partial charge is 0.374 e. The van der Waals surface area contributed by atoms with Crippen molar-refractivity contribution < 1.29 is 15.0 Å². The van der Waals surface area contributed by atoms with Crippen molar-refractivity contribution in [2.45, 2.75) is 59.6 Å². The van der Waals surface area contributed by atoms with Gasteiger partial charge in [0.25, 0.3) is 0 Å². The highest BCUT2D eigenvalue weighted by Gasteiger charge is 2.28. The van der Waals surface area contributed by atoms with E-state index in [9.17, 15) is 0 Å². The maximum absolute atomic E-state index is 7.57. The molecule has 2 nitrogen and oxygen atoms in total. The van der Waals surface area contributed by atoms with Crippen molar-refractivity contribution in [2.24, 2.45) is 0 Å². The van der Waals surface area contributed by atoms with Crippen molar-refractivity contribution in [3.8, 4) is 0 Å². The van der Waals surface area contributed by atoms with Crippen LogP contribution in [0, 0.1) is 0 Å². The van der Waals surface area contributed by atoms with E-state index in [-0.39, 0.29) is 7.09 Å². The van der Waals surface area contributed by atoms with Crippen LogP contribution in [0.15, 0.2) is 11.1 Å². The molecule has 0 aliphatic heterocycles. The van der Waals surface area contributed by atoms with Crippen LogP contribution in [0.5, 0.6) is 0 Å². The molecule has 0 bridgehead atoms. The van der Waals surface area contributed by atoms with Gasteiger partial charge in [0, 0.05) is 16.4 Å². The molecule has 0 radical (unpaired) electrons. The lowest BCUT2D eigenvalue weighted by Crippen LogP contribution is -2.32. The Hall–Kier alpha value is -0.340. The molecule has 0 aromatic heterocycles. The third-order valence-electron chi connectivity index (χ3n) is 3.09. The van der Waals surface area contributed by atoms with Gasteiger partial charge in [0.1, 0.15) is 0 Å². The summed E-state index contributed by atoms with van der Waals surface area (Å²) in [5.74, 6) is 0. The number of ether oxygens (including phenoxy) is 2. The van der Waals surface area contributed by atoms with Crippen molar-refractivity contribution in [1.82, 2.24) is 0 Å². The summed E-state index contributed by atoms with van der Waals surface area (Å²) in [4.78, 5) is 0. The van der Waals surface area contributed by atoms with Gasteiger partial charge in [-0.05, 0) is 59.6 Å². The van der Waals surface area contributed by atoms with Crippen LogP contribution < -0.4 is 0 Å². The quantitative estimate of drug-likeness (QED) is 0.657. The van der Waals surface area contributed by atoms with Crippen LogP contribution in [0.3, 0.4) is 0 Å². The maximum Gasteiger partial charge on any atom is 0.0836 e. The highest BCUT2D eigenvalue weighted by atomic mass is 16.5. The molecule has 0 spiro atoms. The van der Waals surface area contributed by atoms with Crippen LogP contribution >= 0.6 is 0 Å². The van der Waals surface area contributed by atoms with E-state index >= 15 is 0 Å². The molecule has 0 aromatic carbocycles. The SMILES string of the molecule is [2H]COC(C)(C)/C(C)=C(/C)C(C)(C)OC([2H])C([2H])[2H]. The number of methoxy groups -OCH3 is 1. The van der Waals surface area contributed by atoms with Crippen molar-refractivity contribution in [3.63, 3.8) is 0 Å². The van der Waals surface area contributed by atoms with Crippen LogP contribution in [0.2, 0.25) is 0 Å². The molecule has 0 fully saturated rings. The van der Waals surface area contributed by atoms with Gasteiger partial charge >= 0.3 is 0 Å². The third kappa shape index (κ3) is 3.62. The number of rotatable bonds is 5. The molecule has 15 heavy (non-hydrogen) atoms. The fourth-order valence-corrected chi connectivity index (χ4v) is 1.27. The average Bonchev–Trinajstić information content (AvgIpc) is 2.26. The van der Waals surface area contributed by atoms with Gasteiger partial charge in [-0.3, -0.25) is 0 Å². The molecule has 0 saturated heterocycles. The van der Waals surface area contributed by atoms with Crippen molar-refractivity contribution >= 4 is 0 Å². The zero-order chi connectivity index (χ0) is 15.4. The summed E-state index contributed by atoms with van der Waals surface area (Å²) in [5.41, 5.74) is 0.498. The first-order valence-electron chi connectivity index (χ1n) is 7.46. The van der Waals surface area contributed by atoms with Crippen LogP contribution in [-0.4, -0.2) is 24.9 Å². The average molecular weight is 218 g/mol. The summed E-state index contributed by atoms with van der Waals surface area (Å²) in [6.07, 6.45) is 0. The molecule has 0 aliphatic carbocycles. The summed E-state index contributed by atoms with van der Waals surface area (Å²) >= 11 is 0. The second kappa shape index (κ2) is 5.13. The zero-order valence-electron chi connectivity index (χ0n) is 14.7. The van der Waals surface area contributed by atoms with Gasteiger partial charge in [0.2, 0.25) is 0 Å². The fraction of sp³-hybridized carbons (Fsp3) is 0.846. The topological polar surface area (TPSA) is 18.5 Å². The lowest BCUT2D eigenvalue weighted by Gasteiger charge is -2.33. The van der Waals surface area contributed by atoms with E-state index in [1.165, 1.54) is 0 Å². The predicted molar refractivity (Wildman–Crippen MR) is 65.2 cm³/mol. The van der Waals surface area contributed by atoms with Crippen molar-refractivity contribution in [2.75, 3.05) is 13.7 Å². The molecule has 0 rings (SSSR count). The zero-order valence-corrected chi connectivity index (χ0v) is 10.7. The molecule has 1 atom stereocenters. The van der Waals surface area contributed by atoms with E-state index in [0.717, 1.165) is 11.1 Å². The van der Waals surface area contributed by atoms with Gasteiger partial charge in [0.15, 0.2) is 0 Å². The molecule has 90 valence electrons. The first-order valence-corrected chi connectivity index (χ1v) is 5.02. The molecule has 0 saturated carbocycles. The molecular weight excluding hydrogens is 188 g/mol. The van der Waals surface area contributed by atoms with Gasteiger partial charge in [-0.25, -0.2) is 0 Å². The highest BCUT2D eigenvalue weighted by molar-refractivity contribution is 5.25. The molecule has 0 N–H and O–H groups in total. The van der Waals surface area contributed by atoms with Crippen molar-refractivity contribution in [3.05, 3.63) is 11.1 Å². The Morgan fingerprint density at radius 2 is 1.67 bits per heavy atom. The van der Waals surface area contributed by atoms with E-state index < -0.39 is 24.7 Å². The molecule has 0 aromatic rings. The molecule has 0 heterocycles. The Bertz CT molecular complexity index is 325. The minimum absolute atomic E-state index is 0.124. The summed E-state index contributed by atoms with van der Waals surface area (Å²) in [6, 6.07) is 0. The van der Waals surface area contributed by atoms with Crippen LogP contribution in [0.4, 0.5) is 0 Å². The Labute approximate surface area is 100 Å². The second-order valence-electron chi connectivity index (χ2n) is 4.67. The number of hydrogen-bond donors (Lipinski definition) is 0. The first-order chi connectivity index (χ1) is 8.45. The highest BCUT2D eigenvalue weighted by Crippen LogP contribution is 2.30. The fourth-order valence-electron chi connectivity index (χ4n) is 1.27. The van der Waals surface area contributed by atoms with Crippen molar-refractivity contribution in [1.29, 1.82) is 0 Å². The van der Waals surface area contributed by atoms with Crippen LogP contribution in [0.25, 0.3) is 0 Å². The van der Waals surface area contributed by atoms with E-state index in [2.05, 4.69) is 0 Å². The van der Waals surface area contributed by atoms with Gasteiger partial charge in [-0.2, -0.15) is 0 Å². The first kappa shape index (κ1) is 8.77. The summed E-state index contributed by atoms with van der Waals surface area (Å²) in [7, 11) is -0.124. The lowest BCUT2D eigenvalue weighted by molar-refractivity contribution is 0.0110. The third-order valence-corrected chi connectivity index (χ3v) is 3.09. The monoisotopic (exact) mass is 218 g/mol. The van der Waals surface area contributed by atoms with E-state index in [1.807, 2.05) is 41.5 Å². The van der Waals surface area contributed by atoms with Gasteiger partial charge in [-0.15, -0.1) is 0 Å². The van der Waals surface area contributed by atoms with Gasteiger partial charge in [0.05, 0.1) is 13.9 Å². The summed E-state index contributed by atoms with van der Waals surface area (Å²) in [6.45, 7) is 8.63. The molecule has 0 aliphatic rings. The van der Waals surface area contributed by atoms with E-state index in [1.54, 1.807) is 0 Å². The normalized spacial score (nSPS) is 21.3. The molecule has 1 unspecified atom stereocenters. The number of hydrogen-bond acceptors (Lipinski definition) is 2. The Morgan fingerprint density at radius 1 is 1.13 bits per heavy atom. The molecular formula is C13H26O2. The predicted octanol–water partition coefficient (Wildman–Crippen LogP) is 3.56. The van der Waals surface area contributed by atoms with Gasteiger partial charge < -0.3 is 9.47 Å². The Kier molecular flexibility index (Phi) is 3.00. The van der Waals surface area contributed by atoms with Crippen LogP contribution in [0.1, 0.15) is 53.9 Å². The summed E-state index contributed by atoms with van der Waals surface area (Å²) < 4.78 is 40.0. The molecule has 2 heteroatoms. The second-order valence-corrected chi connectivity index (χ2v) is 4.67. The summed E-state index contributed by atoms with van der Waals surface area (Å²) in [5, 5.41) is 0. The standard InChI is InChI=1S/C13H26O2/c1-9-15-13(6,7)11(3)10(2)12(4,5)14-8/h9H2,1-8H3/b11-10-/i1D2,8D,9D. The van der Waals surface area contributed by atoms with Crippen LogP contribution in [-0.2, 0) is 9.47 Å². The minimum Gasteiger partial charge on any atom is -0.374 e. The Balaban J connectivity index is 5.18. The minimum atomic E-state index is -1.34. The smallest absolute Gasteiger partial charge is 0.0836 e. The maximum atomic E-state index is 7.57.